The van der Waals surface area contributed by atoms with Crippen LogP contribution >= 0.6 is 23.1 Å². The molecule has 0 saturated carbocycles. The lowest BCUT2D eigenvalue weighted by Crippen LogP contribution is -2.15. The van der Waals surface area contributed by atoms with Gasteiger partial charge in [0, 0.05) is 0 Å². The molecule has 5 nitrogen and oxygen atoms in total. The maximum Gasteiger partial charge on any atom is 0.229 e. The van der Waals surface area contributed by atoms with Crippen LogP contribution < -0.4 is 10.1 Å². The number of nitrogens with zero attached hydrogens (tertiary/aromatic N) is 2. The number of hydrogen-bond donors (Lipinski definition) is 1. The normalized spacial score (nSPS) is 10.4. The first-order chi connectivity index (χ1) is 10.2. The van der Waals surface area contributed by atoms with Crippen molar-refractivity contribution in [3.63, 3.8) is 0 Å². The van der Waals surface area contributed by atoms with Gasteiger partial charge in [-0.3, -0.25) is 4.79 Å². The first-order valence-electron chi connectivity index (χ1n) is 6.63. The van der Waals surface area contributed by atoms with Gasteiger partial charge in [-0.25, -0.2) is 0 Å². The summed E-state index contributed by atoms with van der Waals surface area (Å²) < 4.78 is 6.41. The monoisotopic (exact) mass is 323 g/mol. The molecule has 2 aromatic rings. The number of carbonyl (C=O) groups excluding carboxylic acids is 1. The Balaban J connectivity index is 1.74. The number of amides is 1. The van der Waals surface area contributed by atoms with Gasteiger partial charge in [-0.1, -0.05) is 42.2 Å². The predicted octanol–water partition coefficient (Wildman–Crippen LogP) is 3.37. The zero-order valence-corrected chi connectivity index (χ0v) is 13.6. The van der Waals surface area contributed by atoms with Gasteiger partial charge in [0.05, 0.1) is 13.0 Å². The first-order valence-corrected chi connectivity index (χ1v) is 8.43. The standard InChI is InChI=1S/C14H17N3O2S2/c1-3-20-14-17-16-13(21-14)15-12(18)7-8-19-11-6-4-5-10(2)9-11/h4-6,9H,3,7-8H2,1-2H3,(H,15,16,18). The smallest absolute Gasteiger partial charge is 0.229 e. The van der Waals surface area contributed by atoms with E-state index in [-0.39, 0.29) is 12.3 Å². The molecule has 1 N–H and O–H groups in total. The lowest BCUT2D eigenvalue weighted by atomic mass is 10.2. The van der Waals surface area contributed by atoms with E-state index in [0.717, 1.165) is 21.4 Å². The second-order valence-corrected chi connectivity index (χ2v) is 6.76. The van der Waals surface area contributed by atoms with Crippen molar-refractivity contribution in [3.05, 3.63) is 29.8 Å². The number of ether oxygens (including phenoxy) is 1. The number of rotatable bonds is 7. The maximum absolute atomic E-state index is 11.8. The molecule has 2 rings (SSSR count). The fourth-order valence-corrected chi connectivity index (χ4v) is 3.26. The number of hydrogen-bond acceptors (Lipinski definition) is 6. The van der Waals surface area contributed by atoms with Crippen molar-refractivity contribution in [1.29, 1.82) is 0 Å². The Hall–Kier alpha value is -1.60. The van der Waals surface area contributed by atoms with E-state index in [9.17, 15) is 4.79 Å². The molecule has 0 aliphatic heterocycles. The van der Waals surface area contributed by atoms with Crippen LogP contribution in [0, 0.1) is 6.92 Å². The zero-order chi connectivity index (χ0) is 15.1. The molecule has 21 heavy (non-hydrogen) atoms. The molecule has 0 spiro atoms. The number of anilines is 1. The zero-order valence-electron chi connectivity index (χ0n) is 12.0. The van der Waals surface area contributed by atoms with Crippen LogP contribution in [0.4, 0.5) is 5.13 Å². The first kappa shape index (κ1) is 15.8. The van der Waals surface area contributed by atoms with Crippen molar-refractivity contribution in [3.8, 4) is 5.75 Å². The highest BCUT2D eigenvalue weighted by Gasteiger charge is 2.08. The summed E-state index contributed by atoms with van der Waals surface area (Å²) in [7, 11) is 0. The Kier molecular flexibility index (Phi) is 6.01. The van der Waals surface area contributed by atoms with E-state index < -0.39 is 0 Å². The van der Waals surface area contributed by atoms with E-state index in [1.54, 1.807) is 11.8 Å². The van der Waals surface area contributed by atoms with Crippen molar-refractivity contribution >= 4 is 34.1 Å². The van der Waals surface area contributed by atoms with Crippen LogP contribution in [0.3, 0.4) is 0 Å². The van der Waals surface area contributed by atoms with Gasteiger partial charge in [0.1, 0.15) is 5.75 Å². The van der Waals surface area contributed by atoms with Crippen LogP contribution in [0.2, 0.25) is 0 Å². The summed E-state index contributed by atoms with van der Waals surface area (Å²) in [5.74, 6) is 1.60. The summed E-state index contributed by atoms with van der Waals surface area (Å²) in [4.78, 5) is 11.8. The van der Waals surface area contributed by atoms with Crippen LogP contribution in [0.25, 0.3) is 0 Å². The summed E-state index contributed by atoms with van der Waals surface area (Å²) in [6.07, 6.45) is 0.282. The average Bonchev–Trinajstić information content (AvgIpc) is 2.86. The van der Waals surface area contributed by atoms with Crippen LogP contribution in [-0.2, 0) is 4.79 Å². The highest BCUT2D eigenvalue weighted by Crippen LogP contribution is 2.24. The summed E-state index contributed by atoms with van der Waals surface area (Å²) in [6.45, 7) is 4.39. The third-order valence-corrected chi connectivity index (χ3v) is 4.36. The quantitative estimate of drug-likeness (QED) is 0.625. The Morgan fingerprint density at radius 1 is 1.43 bits per heavy atom. The van der Waals surface area contributed by atoms with Gasteiger partial charge in [-0.2, -0.15) is 0 Å². The number of nitrogens with one attached hydrogen (secondary N) is 1. The molecule has 0 bridgehead atoms. The number of benzene rings is 1. The molecule has 0 atom stereocenters. The molecular formula is C14H17N3O2S2. The third kappa shape index (κ3) is 5.35. The molecule has 7 heteroatoms. The van der Waals surface area contributed by atoms with Crippen molar-refractivity contribution in [1.82, 2.24) is 10.2 Å². The van der Waals surface area contributed by atoms with Gasteiger partial charge in [0.25, 0.3) is 0 Å². The van der Waals surface area contributed by atoms with E-state index >= 15 is 0 Å². The second-order valence-electron chi connectivity index (χ2n) is 4.27. The molecule has 0 unspecified atom stereocenters. The SMILES string of the molecule is CCSc1nnc(NC(=O)CCOc2cccc(C)c2)s1. The van der Waals surface area contributed by atoms with Crippen LogP contribution in [0.15, 0.2) is 28.6 Å². The molecule has 0 fully saturated rings. The number of thioether (sulfide) groups is 1. The van der Waals surface area contributed by atoms with E-state index in [1.807, 2.05) is 38.1 Å². The van der Waals surface area contributed by atoms with Gasteiger partial charge in [0.2, 0.25) is 11.0 Å². The minimum atomic E-state index is -0.119. The maximum atomic E-state index is 11.8. The fraction of sp³-hybridized carbons (Fsp3) is 0.357. The predicted molar refractivity (Wildman–Crippen MR) is 86.2 cm³/mol. The molecule has 0 aliphatic carbocycles. The van der Waals surface area contributed by atoms with Crippen molar-refractivity contribution < 1.29 is 9.53 Å². The van der Waals surface area contributed by atoms with Gasteiger partial charge in [0.15, 0.2) is 4.34 Å². The van der Waals surface area contributed by atoms with E-state index in [2.05, 4.69) is 15.5 Å². The summed E-state index contributed by atoms with van der Waals surface area (Å²) in [6, 6.07) is 7.75. The van der Waals surface area contributed by atoms with Crippen molar-refractivity contribution in [2.75, 3.05) is 17.7 Å². The summed E-state index contributed by atoms with van der Waals surface area (Å²) in [5.41, 5.74) is 1.13. The molecular weight excluding hydrogens is 306 g/mol. The van der Waals surface area contributed by atoms with Crippen LogP contribution in [0.1, 0.15) is 18.9 Å². The minimum Gasteiger partial charge on any atom is -0.493 e. The Bertz CT molecular complexity index is 601. The fourth-order valence-electron chi connectivity index (χ4n) is 1.59. The lowest BCUT2D eigenvalue weighted by molar-refractivity contribution is -0.116. The molecule has 1 heterocycles. The van der Waals surface area contributed by atoms with Gasteiger partial charge < -0.3 is 10.1 Å². The summed E-state index contributed by atoms with van der Waals surface area (Å²) >= 11 is 2.99. The molecule has 1 aromatic carbocycles. The molecule has 1 amide bonds. The molecule has 112 valence electrons. The van der Waals surface area contributed by atoms with Crippen LogP contribution in [-0.4, -0.2) is 28.5 Å². The minimum absolute atomic E-state index is 0.119. The van der Waals surface area contributed by atoms with E-state index in [0.29, 0.717) is 11.7 Å². The van der Waals surface area contributed by atoms with Gasteiger partial charge in [-0.05, 0) is 30.4 Å². The largest absolute Gasteiger partial charge is 0.493 e. The number of aromatic nitrogens is 2. The lowest BCUT2D eigenvalue weighted by Gasteiger charge is -2.06. The van der Waals surface area contributed by atoms with Gasteiger partial charge in [-0.15, -0.1) is 10.2 Å². The Morgan fingerprint density at radius 2 is 2.29 bits per heavy atom. The molecule has 0 saturated heterocycles. The van der Waals surface area contributed by atoms with E-state index in [4.69, 9.17) is 4.74 Å². The van der Waals surface area contributed by atoms with Crippen molar-refractivity contribution in [2.45, 2.75) is 24.6 Å². The topological polar surface area (TPSA) is 64.1 Å². The third-order valence-electron chi connectivity index (χ3n) is 2.51. The molecule has 1 aromatic heterocycles. The molecule has 0 radical (unpaired) electrons. The summed E-state index contributed by atoms with van der Waals surface area (Å²) in [5, 5.41) is 11.2. The van der Waals surface area contributed by atoms with Gasteiger partial charge >= 0.3 is 0 Å². The Labute approximate surface area is 132 Å². The highest BCUT2D eigenvalue weighted by atomic mass is 32.2. The highest BCUT2D eigenvalue weighted by molar-refractivity contribution is 8.01. The van der Waals surface area contributed by atoms with Crippen LogP contribution in [0.5, 0.6) is 5.75 Å². The average molecular weight is 323 g/mol. The molecule has 0 aliphatic rings. The van der Waals surface area contributed by atoms with Crippen molar-refractivity contribution in [2.24, 2.45) is 0 Å². The number of aryl methyl sites for hydroxylation is 1. The Morgan fingerprint density at radius 3 is 3.05 bits per heavy atom. The van der Waals surface area contributed by atoms with E-state index in [1.165, 1.54) is 11.3 Å². The number of carbonyl (C=O) groups is 1. The second kappa shape index (κ2) is 7.99.